The van der Waals surface area contributed by atoms with Crippen molar-refractivity contribution in [1.82, 2.24) is 9.88 Å². The monoisotopic (exact) mass is 290 g/mol. The number of hydrogen-bond donors (Lipinski definition) is 2. The van der Waals surface area contributed by atoms with Crippen molar-refractivity contribution >= 4 is 17.2 Å². The molecule has 2 aromatic rings. The van der Waals surface area contributed by atoms with Crippen LogP contribution in [0.2, 0.25) is 0 Å². The van der Waals surface area contributed by atoms with E-state index in [1.165, 1.54) is 11.3 Å². The zero-order chi connectivity index (χ0) is 13.9. The maximum absolute atomic E-state index is 12.4. The number of nitrogens with one attached hydrogen (secondary N) is 1. The van der Waals surface area contributed by atoms with Gasteiger partial charge in [0.05, 0.1) is 5.69 Å². The van der Waals surface area contributed by atoms with E-state index in [0.29, 0.717) is 0 Å². The summed E-state index contributed by atoms with van der Waals surface area (Å²) in [4.78, 5) is 13.2. The first-order chi connectivity index (χ1) is 9.79. The quantitative estimate of drug-likeness (QED) is 0.908. The van der Waals surface area contributed by atoms with Crippen LogP contribution in [0.15, 0.2) is 36.0 Å². The van der Waals surface area contributed by atoms with Crippen LogP contribution in [-0.4, -0.2) is 28.2 Å². The number of carbonyl (C=O) groups is 1. The Morgan fingerprint density at radius 1 is 1.40 bits per heavy atom. The van der Waals surface area contributed by atoms with Crippen LogP contribution in [-0.2, 0) is 0 Å². The molecule has 1 amide bonds. The summed E-state index contributed by atoms with van der Waals surface area (Å²) >= 11 is 1.45. The lowest BCUT2D eigenvalue weighted by molar-refractivity contribution is 0.0920. The van der Waals surface area contributed by atoms with Crippen molar-refractivity contribution in [3.05, 3.63) is 40.8 Å². The lowest BCUT2D eigenvalue weighted by atomic mass is 10.1. The van der Waals surface area contributed by atoms with Crippen molar-refractivity contribution in [2.45, 2.75) is 25.3 Å². The van der Waals surface area contributed by atoms with Gasteiger partial charge in [-0.05, 0) is 36.4 Å². The van der Waals surface area contributed by atoms with E-state index < -0.39 is 0 Å². The molecule has 2 atom stereocenters. The predicted octanol–water partition coefficient (Wildman–Crippen LogP) is 2.43. The fourth-order valence-corrected chi connectivity index (χ4v) is 3.64. The van der Waals surface area contributed by atoms with Crippen LogP contribution in [0.5, 0.6) is 0 Å². The third-order valence-corrected chi connectivity index (χ3v) is 4.85. The molecule has 1 aliphatic rings. The van der Waals surface area contributed by atoms with Gasteiger partial charge in [-0.2, -0.15) is 0 Å². The molecule has 2 heterocycles. The third kappa shape index (κ3) is 2.51. The number of aliphatic hydroxyl groups is 1. The molecular weight excluding hydrogens is 272 g/mol. The van der Waals surface area contributed by atoms with Gasteiger partial charge < -0.3 is 15.0 Å². The van der Waals surface area contributed by atoms with Crippen molar-refractivity contribution in [1.29, 1.82) is 0 Å². The van der Waals surface area contributed by atoms with Crippen LogP contribution in [0.1, 0.15) is 28.9 Å². The van der Waals surface area contributed by atoms with Crippen LogP contribution in [0, 0.1) is 5.92 Å². The Morgan fingerprint density at radius 2 is 2.20 bits per heavy atom. The van der Waals surface area contributed by atoms with Crippen molar-refractivity contribution < 1.29 is 9.90 Å². The summed E-state index contributed by atoms with van der Waals surface area (Å²) in [5, 5.41) is 14.3. The number of amides is 1. The Labute approximate surface area is 122 Å². The molecule has 5 heteroatoms. The van der Waals surface area contributed by atoms with Crippen LogP contribution in [0.25, 0.3) is 5.69 Å². The lowest BCUT2D eigenvalue weighted by Crippen LogP contribution is -2.38. The Balaban J connectivity index is 1.77. The number of rotatable bonds is 4. The number of thiophene rings is 1. The van der Waals surface area contributed by atoms with Gasteiger partial charge in [0.1, 0.15) is 4.88 Å². The minimum absolute atomic E-state index is 0.0333. The molecule has 106 valence electrons. The molecule has 2 N–H and O–H groups in total. The van der Waals surface area contributed by atoms with Crippen molar-refractivity contribution in [2.24, 2.45) is 5.92 Å². The Morgan fingerprint density at radius 3 is 2.95 bits per heavy atom. The SMILES string of the molecule is O=C(NC1CCCC1CO)c1sccc1-n1cccc1. The summed E-state index contributed by atoms with van der Waals surface area (Å²) in [6.45, 7) is 0.153. The van der Waals surface area contributed by atoms with Gasteiger partial charge in [0, 0.05) is 31.0 Å². The second-order valence-electron chi connectivity index (χ2n) is 5.18. The second kappa shape index (κ2) is 5.81. The number of aliphatic hydroxyl groups excluding tert-OH is 1. The molecule has 0 aromatic carbocycles. The largest absolute Gasteiger partial charge is 0.396 e. The maximum Gasteiger partial charge on any atom is 0.263 e. The van der Waals surface area contributed by atoms with E-state index in [-0.39, 0.29) is 24.5 Å². The summed E-state index contributed by atoms with van der Waals surface area (Å²) < 4.78 is 1.95. The zero-order valence-corrected chi connectivity index (χ0v) is 12.0. The van der Waals surface area contributed by atoms with E-state index in [9.17, 15) is 9.90 Å². The number of nitrogens with zero attached hydrogens (tertiary/aromatic N) is 1. The minimum Gasteiger partial charge on any atom is -0.396 e. The van der Waals surface area contributed by atoms with Gasteiger partial charge >= 0.3 is 0 Å². The number of carbonyl (C=O) groups excluding carboxylic acids is 1. The summed E-state index contributed by atoms with van der Waals surface area (Å²) in [7, 11) is 0. The standard InChI is InChI=1S/C15H18N2O2S/c18-10-11-4-3-5-12(11)16-15(19)14-13(6-9-20-14)17-7-1-2-8-17/h1-2,6-9,11-12,18H,3-5,10H2,(H,16,19). The van der Waals surface area contributed by atoms with Crippen LogP contribution in [0.4, 0.5) is 0 Å². The van der Waals surface area contributed by atoms with Crippen molar-refractivity contribution in [2.75, 3.05) is 6.61 Å². The van der Waals surface area contributed by atoms with Gasteiger partial charge in [0.25, 0.3) is 5.91 Å². The number of hydrogen-bond acceptors (Lipinski definition) is 3. The fourth-order valence-electron chi connectivity index (χ4n) is 2.85. The third-order valence-electron chi connectivity index (χ3n) is 3.94. The Bertz CT molecular complexity index is 576. The van der Waals surface area contributed by atoms with E-state index in [4.69, 9.17) is 0 Å². The van der Waals surface area contributed by atoms with E-state index in [2.05, 4.69) is 5.32 Å². The van der Waals surface area contributed by atoms with Crippen molar-refractivity contribution in [3.63, 3.8) is 0 Å². The highest BCUT2D eigenvalue weighted by molar-refractivity contribution is 7.12. The van der Waals surface area contributed by atoms with E-state index in [1.807, 2.05) is 40.5 Å². The molecule has 4 nitrogen and oxygen atoms in total. The van der Waals surface area contributed by atoms with Gasteiger partial charge in [0.15, 0.2) is 0 Å². The molecule has 0 aliphatic heterocycles. The Kier molecular flexibility index (Phi) is 3.89. The zero-order valence-electron chi connectivity index (χ0n) is 11.2. The van der Waals surface area contributed by atoms with Gasteiger partial charge in [0.2, 0.25) is 0 Å². The molecule has 2 unspecified atom stereocenters. The van der Waals surface area contributed by atoms with E-state index >= 15 is 0 Å². The van der Waals surface area contributed by atoms with E-state index in [1.54, 1.807) is 0 Å². The summed E-state index contributed by atoms with van der Waals surface area (Å²) in [6.07, 6.45) is 6.90. The number of aromatic nitrogens is 1. The molecule has 2 aromatic heterocycles. The van der Waals surface area contributed by atoms with E-state index in [0.717, 1.165) is 29.8 Å². The highest BCUT2D eigenvalue weighted by atomic mass is 32.1. The molecular formula is C15H18N2O2S. The van der Waals surface area contributed by atoms with Crippen LogP contribution >= 0.6 is 11.3 Å². The highest BCUT2D eigenvalue weighted by Crippen LogP contribution is 2.27. The molecule has 1 aliphatic carbocycles. The average molecular weight is 290 g/mol. The summed E-state index contributed by atoms with van der Waals surface area (Å²) in [6, 6.07) is 5.95. The fraction of sp³-hybridized carbons (Fsp3) is 0.400. The van der Waals surface area contributed by atoms with Gasteiger partial charge in [-0.3, -0.25) is 4.79 Å². The van der Waals surface area contributed by atoms with Crippen molar-refractivity contribution in [3.8, 4) is 5.69 Å². The molecule has 0 saturated heterocycles. The average Bonchev–Trinajstić information content (AvgIpc) is 3.19. The first-order valence-electron chi connectivity index (χ1n) is 6.92. The predicted molar refractivity (Wildman–Crippen MR) is 79.3 cm³/mol. The molecule has 20 heavy (non-hydrogen) atoms. The Hall–Kier alpha value is -1.59. The molecule has 0 radical (unpaired) electrons. The van der Waals surface area contributed by atoms with Gasteiger partial charge in [-0.15, -0.1) is 11.3 Å². The smallest absolute Gasteiger partial charge is 0.263 e. The highest BCUT2D eigenvalue weighted by Gasteiger charge is 2.29. The van der Waals surface area contributed by atoms with Crippen LogP contribution < -0.4 is 5.32 Å². The first kappa shape index (κ1) is 13.4. The molecule has 0 spiro atoms. The van der Waals surface area contributed by atoms with Gasteiger partial charge in [-0.1, -0.05) is 6.42 Å². The van der Waals surface area contributed by atoms with Gasteiger partial charge in [-0.25, -0.2) is 0 Å². The summed E-state index contributed by atoms with van der Waals surface area (Å²) in [5.74, 6) is 0.169. The normalized spacial score (nSPS) is 22.1. The molecule has 0 bridgehead atoms. The molecule has 3 rings (SSSR count). The summed E-state index contributed by atoms with van der Waals surface area (Å²) in [5.41, 5.74) is 0.913. The molecule has 1 fully saturated rings. The maximum atomic E-state index is 12.4. The minimum atomic E-state index is -0.0333. The lowest BCUT2D eigenvalue weighted by Gasteiger charge is -2.19. The van der Waals surface area contributed by atoms with Crippen LogP contribution in [0.3, 0.4) is 0 Å². The first-order valence-corrected chi connectivity index (χ1v) is 7.80. The second-order valence-corrected chi connectivity index (χ2v) is 6.09. The topological polar surface area (TPSA) is 54.3 Å². The molecule has 1 saturated carbocycles.